The molecule has 3 aromatic rings. The lowest BCUT2D eigenvalue weighted by atomic mass is 9.92. The van der Waals surface area contributed by atoms with E-state index >= 15 is 0 Å². The Kier molecular flexibility index (Phi) is 6.57. The van der Waals surface area contributed by atoms with E-state index in [0.717, 1.165) is 26.1 Å². The summed E-state index contributed by atoms with van der Waals surface area (Å²) in [7, 11) is 1.98. The maximum absolute atomic E-state index is 14.5. The van der Waals surface area contributed by atoms with E-state index in [1.54, 1.807) is 12.3 Å². The molecule has 2 heterocycles. The van der Waals surface area contributed by atoms with E-state index in [1.807, 2.05) is 42.2 Å². The summed E-state index contributed by atoms with van der Waals surface area (Å²) in [6, 6.07) is 17.3. The fourth-order valence-corrected chi connectivity index (χ4v) is 4.64. The van der Waals surface area contributed by atoms with Gasteiger partial charge in [0.1, 0.15) is 5.82 Å². The highest BCUT2D eigenvalue weighted by molar-refractivity contribution is 5.27. The second-order valence-electron chi connectivity index (χ2n) is 8.07. The number of aromatic nitrogens is 2. The molecule has 6 heteroatoms. The lowest BCUT2D eigenvalue weighted by molar-refractivity contribution is 0.151. The number of halogens is 1. The van der Waals surface area contributed by atoms with Gasteiger partial charge in [0.25, 0.3) is 0 Å². The highest BCUT2D eigenvalue weighted by Gasteiger charge is 2.40. The third-order valence-electron chi connectivity index (χ3n) is 6.20. The molecule has 158 valence electrons. The topological polar surface area (TPSA) is 53.3 Å². The molecule has 3 atom stereocenters. The van der Waals surface area contributed by atoms with Gasteiger partial charge in [-0.15, -0.1) is 0 Å². The van der Waals surface area contributed by atoms with Gasteiger partial charge in [-0.2, -0.15) is 5.10 Å². The molecule has 0 radical (unpaired) electrons. The van der Waals surface area contributed by atoms with E-state index in [1.165, 1.54) is 17.2 Å². The van der Waals surface area contributed by atoms with Crippen molar-refractivity contribution in [2.45, 2.75) is 31.6 Å². The zero-order valence-electron chi connectivity index (χ0n) is 17.3. The molecule has 30 heavy (non-hydrogen) atoms. The summed E-state index contributed by atoms with van der Waals surface area (Å²) >= 11 is 0. The smallest absolute Gasteiger partial charge is 0.127 e. The van der Waals surface area contributed by atoms with Crippen LogP contribution in [0, 0.1) is 11.7 Å². The first-order chi connectivity index (χ1) is 14.7. The van der Waals surface area contributed by atoms with Gasteiger partial charge in [-0.25, -0.2) is 4.39 Å². The van der Waals surface area contributed by atoms with Crippen LogP contribution < -0.4 is 5.32 Å². The maximum Gasteiger partial charge on any atom is 0.127 e. The molecule has 1 aromatic heterocycles. The molecule has 0 aliphatic carbocycles. The highest BCUT2D eigenvalue weighted by atomic mass is 19.1. The van der Waals surface area contributed by atoms with Crippen molar-refractivity contribution >= 4 is 0 Å². The van der Waals surface area contributed by atoms with Crippen molar-refractivity contribution in [3.8, 4) is 0 Å². The molecule has 5 nitrogen and oxygen atoms in total. The molecular formula is C24H29FN4O. The SMILES string of the molecule is CN1[C@H](CO)C[C@H](CNCc2ccccc2Cn2cccn2)[C@@H]1c1ccccc1F. The van der Waals surface area contributed by atoms with Gasteiger partial charge in [0.2, 0.25) is 0 Å². The van der Waals surface area contributed by atoms with Gasteiger partial charge >= 0.3 is 0 Å². The lowest BCUT2D eigenvalue weighted by Gasteiger charge is -2.28. The fraction of sp³-hybridized carbons (Fsp3) is 0.375. The molecule has 2 N–H and O–H groups in total. The molecular weight excluding hydrogens is 379 g/mol. The van der Waals surface area contributed by atoms with Crippen molar-refractivity contribution in [1.82, 2.24) is 20.0 Å². The Morgan fingerprint density at radius 1 is 1.10 bits per heavy atom. The standard InChI is InChI=1S/C24H29FN4O/c1-28-21(17-30)13-20(24(28)22-9-4-5-10-23(22)25)15-26-14-18-7-2-3-8-19(18)16-29-12-6-11-27-29/h2-12,20-21,24,26,30H,13-17H2,1H3/t20-,21+,24-/m1/s1. The van der Waals surface area contributed by atoms with Crippen LogP contribution in [0.25, 0.3) is 0 Å². The number of nitrogens with zero attached hydrogens (tertiary/aromatic N) is 3. The summed E-state index contributed by atoms with van der Waals surface area (Å²) in [5.74, 6) is 0.0461. The average Bonchev–Trinajstić information content (AvgIpc) is 3.37. The number of likely N-dealkylation sites (N-methyl/N-ethyl adjacent to an activating group) is 1. The number of hydrogen-bond acceptors (Lipinski definition) is 4. The quantitative estimate of drug-likeness (QED) is 0.601. The van der Waals surface area contributed by atoms with Crippen LogP contribution in [0.3, 0.4) is 0 Å². The zero-order valence-corrected chi connectivity index (χ0v) is 17.3. The van der Waals surface area contributed by atoms with Gasteiger partial charge in [0.15, 0.2) is 0 Å². The normalized spacial score (nSPS) is 21.9. The first-order valence-electron chi connectivity index (χ1n) is 10.5. The molecule has 0 spiro atoms. The number of hydrogen-bond donors (Lipinski definition) is 2. The van der Waals surface area contributed by atoms with Crippen LogP contribution in [-0.2, 0) is 13.1 Å². The molecule has 0 saturated carbocycles. The molecule has 1 saturated heterocycles. The Hall–Kier alpha value is -2.54. The zero-order chi connectivity index (χ0) is 20.9. The van der Waals surface area contributed by atoms with Crippen LogP contribution in [0.5, 0.6) is 0 Å². The summed E-state index contributed by atoms with van der Waals surface area (Å²) in [6.07, 6.45) is 4.60. The maximum atomic E-state index is 14.5. The van der Waals surface area contributed by atoms with E-state index in [4.69, 9.17) is 0 Å². The first-order valence-corrected chi connectivity index (χ1v) is 10.5. The molecule has 0 unspecified atom stereocenters. The van der Waals surface area contributed by atoms with Crippen molar-refractivity contribution < 1.29 is 9.50 Å². The van der Waals surface area contributed by atoms with Gasteiger partial charge < -0.3 is 10.4 Å². The van der Waals surface area contributed by atoms with Crippen molar-refractivity contribution in [2.24, 2.45) is 5.92 Å². The Morgan fingerprint density at radius 2 is 1.87 bits per heavy atom. The lowest BCUT2D eigenvalue weighted by Crippen LogP contribution is -2.32. The Balaban J connectivity index is 1.45. The van der Waals surface area contributed by atoms with Gasteiger partial charge in [-0.05, 0) is 42.6 Å². The van der Waals surface area contributed by atoms with E-state index in [-0.39, 0.29) is 30.4 Å². The van der Waals surface area contributed by atoms with Gasteiger partial charge in [-0.1, -0.05) is 42.5 Å². The second-order valence-corrected chi connectivity index (χ2v) is 8.07. The molecule has 1 aliphatic rings. The molecule has 1 fully saturated rings. The minimum atomic E-state index is -0.178. The Bertz CT molecular complexity index is 946. The summed E-state index contributed by atoms with van der Waals surface area (Å²) < 4.78 is 16.4. The molecule has 0 amide bonds. The van der Waals surface area contributed by atoms with E-state index in [2.05, 4.69) is 33.5 Å². The summed E-state index contributed by atoms with van der Waals surface area (Å²) in [5.41, 5.74) is 3.18. The monoisotopic (exact) mass is 408 g/mol. The first kappa shape index (κ1) is 20.7. The highest BCUT2D eigenvalue weighted by Crippen LogP contribution is 2.40. The predicted molar refractivity (Wildman–Crippen MR) is 115 cm³/mol. The number of aliphatic hydroxyl groups is 1. The minimum Gasteiger partial charge on any atom is -0.395 e. The van der Waals surface area contributed by atoms with Crippen LogP contribution >= 0.6 is 0 Å². The molecule has 4 rings (SSSR count). The largest absolute Gasteiger partial charge is 0.395 e. The van der Waals surface area contributed by atoms with Crippen LogP contribution in [-0.4, -0.2) is 46.0 Å². The van der Waals surface area contributed by atoms with E-state index < -0.39 is 0 Å². The number of aliphatic hydroxyl groups excluding tert-OH is 1. The summed E-state index contributed by atoms with van der Waals surface area (Å²) in [6.45, 7) is 2.33. The summed E-state index contributed by atoms with van der Waals surface area (Å²) in [4.78, 5) is 2.12. The van der Waals surface area contributed by atoms with Crippen LogP contribution in [0.4, 0.5) is 4.39 Å². The van der Waals surface area contributed by atoms with E-state index in [9.17, 15) is 9.50 Å². The van der Waals surface area contributed by atoms with Crippen molar-refractivity contribution in [3.05, 3.63) is 89.5 Å². The van der Waals surface area contributed by atoms with Crippen molar-refractivity contribution in [1.29, 1.82) is 0 Å². The van der Waals surface area contributed by atoms with Gasteiger partial charge in [-0.3, -0.25) is 9.58 Å². The number of rotatable bonds is 8. The second kappa shape index (κ2) is 9.51. The number of nitrogens with one attached hydrogen (secondary N) is 1. The number of likely N-dealkylation sites (tertiary alicyclic amines) is 1. The van der Waals surface area contributed by atoms with Gasteiger partial charge in [0.05, 0.1) is 13.2 Å². The van der Waals surface area contributed by atoms with Crippen molar-refractivity contribution in [3.63, 3.8) is 0 Å². The summed E-state index contributed by atoms with van der Waals surface area (Å²) in [5, 5.41) is 17.7. The van der Waals surface area contributed by atoms with Gasteiger partial charge in [0, 0.05) is 43.1 Å². The molecule has 0 bridgehead atoms. The third kappa shape index (κ3) is 4.46. The average molecular weight is 409 g/mol. The van der Waals surface area contributed by atoms with Crippen LogP contribution in [0.1, 0.15) is 29.2 Å². The fourth-order valence-electron chi connectivity index (χ4n) is 4.64. The predicted octanol–water partition coefficient (Wildman–Crippen LogP) is 3.21. The number of benzene rings is 2. The van der Waals surface area contributed by atoms with E-state index in [0.29, 0.717) is 5.56 Å². The van der Waals surface area contributed by atoms with Crippen LogP contribution in [0.2, 0.25) is 0 Å². The van der Waals surface area contributed by atoms with Crippen LogP contribution in [0.15, 0.2) is 67.0 Å². The minimum absolute atomic E-state index is 0.0461. The van der Waals surface area contributed by atoms with Crippen molar-refractivity contribution in [2.75, 3.05) is 20.2 Å². The third-order valence-corrected chi connectivity index (χ3v) is 6.20. The molecule has 1 aliphatic heterocycles. The Labute approximate surface area is 177 Å². The Morgan fingerprint density at radius 3 is 2.60 bits per heavy atom. The molecule has 2 aromatic carbocycles.